The summed E-state index contributed by atoms with van der Waals surface area (Å²) in [6.45, 7) is 10.8. The van der Waals surface area contributed by atoms with Gasteiger partial charge in [-0.25, -0.2) is 0 Å². The highest BCUT2D eigenvalue weighted by Crippen LogP contribution is 1.80. The third kappa shape index (κ3) is 43.6. The monoisotopic (exact) mass is 160 g/mol. The predicted molar refractivity (Wildman–Crippen MR) is 54.6 cm³/mol. The van der Waals surface area contributed by atoms with Crippen molar-refractivity contribution in [2.24, 2.45) is 5.73 Å². The largest absolute Gasteiger partial charge is 0.391 e. The molecule has 70 valence electrons. The van der Waals surface area contributed by atoms with E-state index < -0.39 is 0 Å². The van der Waals surface area contributed by atoms with Crippen LogP contribution in [0.15, 0.2) is 12.8 Å². The van der Waals surface area contributed by atoms with E-state index in [0.29, 0.717) is 0 Å². The van der Waals surface area contributed by atoms with Crippen molar-refractivity contribution in [1.82, 2.24) is 5.32 Å². The molecule has 0 aromatic heterocycles. The van der Waals surface area contributed by atoms with Crippen LogP contribution in [0.3, 0.4) is 0 Å². The summed E-state index contributed by atoms with van der Waals surface area (Å²) in [4.78, 5) is 0. The van der Waals surface area contributed by atoms with E-state index in [-0.39, 0.29) is 0 Å². The molecule has 0 radical (unpaired) electrons. The second-order valence-electron chi connectivity index (χ2n) is 1.51. The van der Waals surface area contributed by atoms with E-state index in [9.17, 15) is 0 Å². The normalized spacial score (nSPS) is 6.27. The van der Waals surface area contributed by atoms with Gasteiger partial charge >= 0.3 is 0 Å². The van der Waals surface area contributed by atoms with Crippen molar-refractivity contribution in [3.63, 3.8) is 0 Å². The Balaban J connectivity index is -0.000000138. The summed E-state index contributed by atoms with van der Waals surface area (Å²) in [5.74, 6) is 0. The Morgan fingerprint density at radius 3 is 2.09 bits per heavy atom. The molecule has 0 bridgehead atoms. The number of nitrogens with two attached hydrogens (primary N) is 1. The van der Waals surface area contributed by atoms with Crippen molar-refractivity contribution in [3.05, 3.63) is 12.8 Å². The Morgan fingerprint density at radius 2 is 1.82 bits per heavy atom. The number of hydrogen-bond acceptors (Lipinski definition) is 2. The highest BCUT2D eigenvalue weighted by Gasteiger charge is 1.74. The number of hydrogen-bond donors (Lipinski definition) is 2. The standard InChI is InChI=1S/C6H13N.C2H6.CH5N/c1-3-5-6-7-4-2;2*1-2/h4,7H,2-3,5-6H2,1H3;1-2H3;2H2,1H3. The van der Waals surface area contributed by atoms with E-state index >= 15 is 0 Å². The van der Waals surface area contributed by atoms with Crippen LogP contribution in [0.1, 0.15) is 33.6 Å². The molecule has 0 rings (SSSR count). The molecule has 0 aliphatic carbocycles. The van der Waals surface area contributed by atoms with Crippen LogP contribution >= 0.6 is 0 Å². The Bertz CT molecular complexity index is 44.8. The molecule has 0 saturated carbocycles. The van der Waals surface area contributed by atoms with Gasteiger partial charge in [0, 0.05) is 6.54 Å². The molecule has 0 aliphatic heterocycles. The fraction of sp³-hybridized carbons (Fsp3) is 0.778. The SMILES string of the molecule is C=CNCCCC.CC.CN. The molecule has 3 N–H and O–H groups in total. The molecule has 0 fully saturated rings. The second kappa shape index (κ2) is 33.9. The first-order valence-electron chi connectivity index (χ1n) is 4.33. The van der Waals surface area contributed by atoms with Crippen LogP contribution in [-0.4, -0.2) is 13.6 Å². The van der Waals surface area contributed by atoms with E-state index in [4.69, 9.17) is 0 Å². The summed E-state index contributed by atoms with van der Waals surface area (Å²) in [6, 6.07) is 0. The van der Waals surface area contributed by atoms with Crippen LogP contribution in [0.4, 0.5) is 0 Å². The van der Waals surface area contributed by atoms with Gasteiger partial charge in [-0.15, -0.1) is 0 Å². The third-order valence-corrected chi connectivity index (χ3v) is 0.819. The maximum absolute atomic E-state index is 4.50. The van der Waals surface area contributed by atoms with Gasteiger partial charge in [0.15, 0.2) is 0 Å². The molecule has 0 heterocycles. The Kier molecular flexibility index (Phi) is 51.9. The molecule has 0 aromatic carbocycles. The Morgan fingerprint density at radius 1 is 1.36 bits per heavy atom. The molecule has 0 unspecified atom stereocenters. The number of rotatable bonds is 4. The molecular weight excluding hydrogens is 136 g/mol. The summed E-state index contributed by atoms with van der Waals surface area (Å²) in [5.41, 5.74) is 4.50. The minimum Gasteiger partial charge on any atom is -0.391 e. The van der Waals surface area contributed by atoms with Crippen LogP contribution in [0, 0.1) is 0 Å². The lowest BCUT2D eigenvalue weighted by atomic mass is 10.3. The molecule has 2 heteroatoms. The fourth-order valence-corrected chi connectivity index (χ4v) is 0.381. The highest BCUT2D eigenvalue weighted by atomic mass is 14.8. The van der Waals surface area contributed by atoms with E-state index in [1.165, 1.54) is 19.9 Å². The average Bonchev–Trinajstić information content (AvgIpc) is 2.13. The van der Waals surface area contributed by atoms with Gasteiger partial charge in [-0.2, -0.15) is 0 Å². The van der Waals surface area contributed by atoms with Crippen LogP contribution < -0.4 is 11.1 Å². The van der Waals surface area contributed by atoms with Crippen molar-refractivity contribution < 1.29 is 0 Å². The van der Waals surface area contributed by atoms with Crippen molar-refractivity contribution >= 4 is 0 Å². The van der Waals surface area contributed by atoms with Gasteiger partial charge in [0.25, 0.3) is 0 Å². The van der Waals surface area contributed by atoms with Crippen LogP contribution in [-0.2, 0) is 0 Å². The van der Waals surface area contributed by atoms with Crippen LogP contribution in [0.5, 0.6) is 0 Å². The number of unbranched alkanes of at least 4 members (excludes halogenated alkanes) is 1. The highest BCUT2D eigenvalue weighted by molar-refractivity contribution is 4.61. The molecule has 0 aromatic rings. The predicted octanol–water partition coefficient (Wildman–Crippen LogP) is 2.12. The molecule has 2 nitrogen and oxygen atoms in total. The summed E-state index contributed by atoms with van der Waals surface area (Å²) in [7, 11) is 1.50. The van der Waals surface area contributed by atoms with Crippen molar-refractivity contribution in [2.75, 3.05) is 13.6 Å². The lowest BCUT2D eigenvalue weighted by Gasteiger charge is -1.93. The Hall–Kier alpha value is -0.500. The maximum atomic E-state index is 4.50. The summed E-state index contributed by atoms with van der Waals surface area (Å²) >= 11 is 0. The second-order valence-corrected chi connectivity index (χ2v) is 1.51. The van der Waals surface area contributed by atoms with Crippen molar-refractivity contribution in [3.8, 4) is 0 Å². The Labute approximate surface area is 71.9 Å². The van der Waals surface area contributed by atoms with Gasteiger partial charge in [0.05, 0.1) is 0 Å². The zero-order valence-corrected chi connectivity index (χ0v) is 8.48. The minimum atomic E-state index is 1.07. The molecule has 0 aliphatic rings. The van der Waals surface area contributed by atoms with Crippen molar-refractivity contribution in [2.45, 2.75) is 33.6 Å². The lowest BCUT2D eigenvalue weighted by molar-refractivity contribution is 0.736. The molecule has 0 amide bonds. The average molecular weight is 160 g/mol. The van der Waals surface area contributed by atoms with Gasteiger partial charge in [0.1, 0.15) is 0 Å². The van der Waals surface area contributed by atoms with Gasteiger partial charge in [-0.1, -0.05) is 33.8 Å². The quantitative estimate of drug-likeness (QED) is 0.618. The van der Waals surface area contributed by atoms with Crippen LogP contribution in [0.25, 0.3) is 0 Å². The van der Waals surface area contributed by atoms with Gasteiger partial charge < -0.3 is 11.1 Å². The molecule has 0 spiro atoms. The van der Waals surface area contributed by atoms with Gasteiger partial charge in [-0.05, 0) is 19.7 Å². The van der Waals surface area contributed by atoms with E-state index in [2.05, 4.69) is 24.6 Å². The molecule has 0 saturated heterocycles. The topological polar surface area (TPSA) is 38.0 Å². The van der Waals surface area contributed by atoms with Gasteiger partial charge in [-0.3, -0.25) is 0 Å². The molecule has 11 heavy (non-hydrogen) atoms. The lowest BCUT2D eigenvalue weighted by Crippen LogP contribution is -2.04. The first-order valence-corrected chi connectivity index (χ1v) is 4.33. The van der Waals surface area contributed by atoms with Crippen LogP contribution in [0.2, 0.25) is 0 Å². The smallest absolute Gasteiger partial charge is 0.0141 e. The first-order chi connectivity index (χ1) is 5.41. The van der Waals surface area contributed by atoms with E-state index in [0.717, 1.165) is 6.54 Å². The van der Waals surface area contributed by atoms with Crippen molar-refractivity contribution in [1.29, 1.82) is 0 Å². The maximum Gasteiger partial charge on any atom is 0.0141 e. The van der Waals surface area contributed by atoms with E-state index in [1.807, 2.05) is 13.8 Å². The zero-order valence-electron chi connectivity index (χ0n) is 8.48. The van der Waals surface area contributed by atoms with Gasteiger partial charge in [0.2, 0.25) is 0 Å². The molecule has 0 atom stereocenters. The third-order valence-electron chi connectivity index (χ3n) is 0.819. The molecular formula is C9H24N2. The first kappa shape index (κ1) is 16.8. The summed E-state index contributed by atoms with van der Waals surface area (Å²) in [5, 5.41) is 3.01. The zero-order chi connectivity index (χ0) is 9.54. The minimum absolute atomic E-state index is 1.07. The fourth-order valence-electron chi connectivity index (χ4n) is 0.381. The number of nitrogens with one attached hydrogen (secondary N) is 1. The summed E-state index contributed by atoms with van der Waals surface area (Å²) < 4.78 is 0. The van der Waals surface area contributed by atoms with E-state index in [1.54, 1.807) is 6.20 Å². The summed E-state index contributed by atoms with van der Waals surface area (Å²) in [6.07, 6.45) is 4.22.